The Labute approximate surface area is 176 Å². The van der Waals surface area contributed by atoms with Gasteiger partial charge in [-0.05, 0) is 37.6 Å². The summed E-state index contributed by atoms with van der Waals surface area (Å²) in [5.41, 5.74) is 1.12. The number of likely N-dealkylation sites (tertiary alicyclic amines) is 1. The van der Waals surface area contributed by atoms with E-state index in [1.807, 2.05) is 13.1 Å². The molecule has 3 heterocycles. The minimum Gasteiger partial charge on any atom is -0.290 e. The van der Waals surface area contributed by atoms with Gasteiger partial charge in [-0.25, -0.2) is 22.2 Å². The van der Waals surface area contributed by atoms with Crippen LogP contribution in [0.5, 0.6) is 0 Å². The van der Waals surface area contributed by atoms with Crippen LogP contribution in [0.2, 0.25) is 0 Å². The van der Waals surface area contributed by atoms with Crippen molar-refractivity contribution in [2.75, 3.05) is 11.3 Å². The smallest absolute Gasteiger partial charge is 0.266 e. The molecule has 30 heavy (non-hydrogen) atoms. The highest BCUT2D eigenvalue weighted by atomic mass is 32.2. The summed E-state index contributed by atoms with van der Waals surface area (Å²) in [6.45, 7) is 0.901. The molecule has 1 unspecified atom stereocenters. The molecule has 0 radical (unpaired) electrons. The first-order valence-corrected chi connectivity index (χ1v) is 11.6. The normalized spacial score (nSPS) is 17.9. The molecule has 0 aliphatic carbocycles. The van der Waals surface area contributed by atoms with Crippen molar-refractivity contribution in [2.45, 2.75) is 36.7 Å². The van der Waals surface area contributed by atoms with E-state index in [4.69, 9.17) is 0 Å². The second kappa shape index (κ2) is 8.36. The zero-order valence-corrected chi connectivity index (χ0v) is 17.8. The monoisotopic (exact) mass is 454 g/mol. The molecule has 1 atom stereocenters. The van der Waals surface area contributed by atoms with E-state index >= 15 is 0 Å². The molecule has 1 aliphatic heterocycles. The summed E-state index contributed by atoms with van der Waals surface area (Å²) in [7, 11) is -2.47. The average molecular weight is 455 g/mol. The van der Waals surface area contributed by atoms with E-state index in [2.05, 4.69) is 24.1 Å². The molecular weight excluding hydrogens is 434 g/mol. The number of hydrogen-bond acceptors (Lipinski definition) is 7. The molecular formula is C18H20F2N6O2S2. The summed E-state index contributed by atoms with van der Waals surface area (Å²) in [4.78, 5) is 5.01. The Morgan fingerprint density at radius 2 is 2.10 bits per heavy atom. The molecule has 2 aromatic heterocycles. The highest BCUT2D eigenvalue weighted by Gasteiger charge is 2.28. The van der Waals surface area contributed by atoms with Crippen molar-refractivity contribution < 1.29 is 17.2 Å². The van der Waals surface area contributed by atoms with Gasteiger partial charge in [0.1, 0.15) is 22.9 Å². The van der Waals surface area contributed by atoms with Crippen LogP contribution < -0.4 is 4.72 Å². The van der Waals surface area contributed by atoms with Gasteiger partial charge in [0.25, 0.3) is 10.0 Å². The third-order valence-electron chi connectivity index (χ3n) is 5.16. The molecule has 160 valence electrons. The van der Waals surface area contributed by atoms with Gasteiger partial charge in [0.2, 0.25) is 5.13 Å². The summed E-state index contributed by atoms with van der Waals surface area (Å²) in [5, 5.41) is 4.19. The molecule has 0 saturated carbocycles. The second-order valence-electron chi connectivity index (χ2n) is 7.09. The van der Waals surface area contributed by atoms with Gasteiger partial charge in [0, 0.05) is 36.9 Å². The summed E-state index contributed by atoms with van der Waals surface area (Å²) in [6.07, 6.45) is 5.77. The lowest BCUT2D eigenvalue weighted by atomic mass is 9.98. The molecule has 1 aliphatic rings. The first-order chi connectivity index (χ1) is 14.3. The molecule has 12 heteroatoms. The van der Waals surface area contributed by atoms with Gasteiger partial charge in [-0.1, -0.05) is 6.42 Å². The van der Waals surface area contributed by atoms with E-state index in [9.17, 15) is 17.2 Å². The second-order valence-corrected chi connectivity index (χ2v) is 9.52. The third-order valence-corrected chi connectivity index (χ3v) is 7.22. The first kappa shape index (κ1) is 20.8. The van der Waals surface area contributed by atoms with Crippen molar-refractivity contribution in [3.8, 4) is 0 Å². The van der Waals surface area contributed by atoms with Crippen LogP contribution in [0.1, 0.15) is 36.6 Å². The van der Waals surface area contributed by atoms with Gasteiger partial charge in [0.05, 0.1) is 11.7 Å². The van der Waals surface area contributed by atoms with E-state index in [0.29, 0.717) is 0 Å². The number of nitrogens with one attached hydrogen (secondary N) is 1. The summed E-state index contributed by atoms with van der Waals surface area (Å²) in [5.74, 6) is -1.79. The van der Waals surface area contributed by atoms with Crippen molar-refractivity contribution in [1.82, 2.24) is 24.0 Å². The Bertz CT molecular complexity index is 1130. The van der Waals surface area contributed by atoms with Crippen molar-refractivity contribution >= 4 is 26.7 Å². The maximum absolute atomic E-state index is 14.8. The quantitative estimate of drug-likeness (QED) is 0.615. The molecule has 1 fully saturated rings. The summed E-state index contributed by atoms with van der Waals surface area (Å²) in [6, 6.07) is 3.64. The van der Waals surface area contributed by atoms with Gasteiger partial charge in [0.15, 0.2) is 0 Å². The van der Waals surface area contributed by atoms with Crippen LogP contribution in [0, 0.1) is 11.6 Å². The highest BCUT2D eigenvalue weighted by molar-refractivity contribution is 7.93. The molecule has 1 N–H and O–H groups in total. The Kier molecular flexibility index (Phi) is 5.80. The summed E-state index contributed by atoms with van der Waals surface area (Å²) >= 11 is 0.800. The van der Waals surface area contributed by atoms with E-state index in [1.165, 1.54) is 6.33 Å². The van der Waals surface area contributed by atoms with Crippen molar-refractivity contribution in [3.05, 3.63) is 53.6 Å². The fourth-order valence-corrected chi connectivity index (χ4v) is 5.46. The van der Waals surface area contributed by atoms with E-state index in [1.54, 1.807) is 10.9 Å². The third kappa shape index (κ3) is 4.20. The van der Waals surface area contributed by atoms with Crippen molar-refractivity contribution in [1.29, 1.82) is 0 Å². The Morgan fingerprint density at radius 1 is 1.27 bits per heavy atom. The standard InChI is InChI=1S/C18H20F2N6O2S2/c1-25-15(5-6-22-25)16-4-2-3-7-26(16)10-12-8-14(20)17(9-13(12)19)30(27,28)24-18-21-11-23-29-18/h5-6,8-9,11,16H,2-4,7,10H2,1H3,(H,21,23,24). The van der Waals surface area contributed by atoms with Crippen LogP contribution in [0.4, 0.5) is 13.9 Å². The largest absolute Gasteiger partial charge is 0.290 e. The predicted molar refractivity (Wildman–Crippen MR) is 107 cm³/mol. The molecule has 1 aromatic carbocycles. The lowest BCUT2D eigenvalue weighted by Crippen LogP contribution is -2.34. The van der Waals surface area contributed by atoms with Crippen molar-refractivity contribution in [3.63, 3.8) is 0 Å². The van der Waals surface area contributed by atoms with Gasteiger partial charge < -0.3 is 0 Å². The maximum Gasteiger partial charge on any atom is 0.266 e. The van der Waals surface area contributed by atoms with Gasteiger partial charge in [-0.2, -0.15) is 9.47 Å². The molecule has 1 saturated heterocycles. The first-order valence-electron chi connectivity index (χ1n) is 9.34. The molecule has 0 amide bonds. The SMILES string of the molecule is Cn1nccc1C1CCCCN1Cc1cc(F)c(S(=O)(=O)Nc2ncns2)cc1F. The average Bonchev–Trinajstić information content (AvgIpc) is 3.36. The molecule has 4 rings (SSSR count). The molecule has 3 aromatic rings. The Balaban J connectivity index is 1.59. The molecule has 0 spiro atoms. The number of sulfonamides is 1. The minimum absolute atomic E-state index is 0.0220. The number of piperidine rings is 1. The van der Waals surface area contributed by atoms with E-state index < -0.39 is 26.6 Å². The van der Waals surface area contributed by atoms with Crippen LogP contribution in [0.25, 0.3) is 0 Å². The number of anilines is 1. The van der Waals surface area contributed by atoms with Crippen LogP contribution >= 0.6 is 11.5 Å². The Morgan fingerprint density at radius 3 is 2.80 bits per heavy atom. The van der Waals surface area contributed by atoms with Gasteiger partial charge in [-0.15, -0.1) is 0 Å². The number of halogens is 2. The lowest BCUT2D eigenvalue weighted by molar-refractivity contribution is 0.132. The zero-order valence-electron chi connectivity index (χ0n) is 16.1. The fourth-order valence-electron chi connectivity index (χ4n) is 3.73. The van der Waals surface area contributed by atoms with Gasteiger partial charge in [-0.3, -0.25) is 14.3 Å². The van der Waals surface area contributed by atoms with E-state index in [0.717, 1.165) is 55.2 Å². The van der Waals surface area contributed by atoms with Crippen LogP contribution in [0.3, 0.4) is 0 Å². The lowest BCUT2D eigenvalue weighted by Gasteiger charge is -2.35. The van der Waals surface area contributed by atoms with Crippen LogP contribution in [-0.4, -0.2) is 39.0 Å². The topological polar surface area (TPSA) is 93.0 Å². The van der Waals surface area contributed by atoms with Crippen LogP contribution in [-0.2, 0) is 23.6 Å². The molecule has 8 nitrogen and oxygen atoms in total. The predicted octanol–water partition coefficient (Wildman–Crippen LogP) is 3.08. The van der Waals surface area contributed by atoms with Crippen molar-refractivity contribution in [2.24, 2.45) is 7.05 Å². The van der Waals surface area contributed by atoms with E-state index in [-0.39, 0.29) is 23.3 Å². The molecule has 0 bridgehead atoms. The number of hydrogen-bond donors (Lipinski definition) is 1. The highest BCUT2D eigenvalue weighted by Crippen LogP contribution is 2.33. The number of nitrogens with zero attached hydrogens (tertiary/aromatic N) is 5. The maximum atomic E-state index is 14.8. The summed E-state index contributed by atoms with van der Waals surface area (Å²) < 4.78 is 61.9. The Hall–Kier alpha value is -2.44. The zero-order chi connectivity index (χ0) is 21.3. The number of aromatic nitrogens is 4. The van der Waals surface area contributed by atoms with Crippen LogP contribution in [0.15, 0.2) is 35.6 Å². The number of aryl methyl sites for hydroxylation is 1. The number of benzene rings is 1. The fraction of sp³-hybridized carbons (Fsp3) is 0.389. The number of rotatable bonds is 6. The minimum atomic E-state index is -4.32. The van der Waals surface area contributed by atoms with Gasteiger partial charge >= 0.3 is 0 Å².